The summed E-state index contributed by atoms with van der Waals surface area (Å²) >= 11 is 0. The molecule has 138 valence electrons. The van der Waals surface area contributed by atoms with Gasteiger partial charge in [-0.25, -0.2) is 9.48 Å². The number of nitrogens with one attached hydrogen (secondary N) is 2. The van der Waals surface area contributed by atoms with Gasteiger partial charge in [0.2, 0.25) is 0 Å². The molecule has 27 heavy (non-hydrogen) atoms. The van der Waals surface area contributed by atoms with Gasteiger partial charge in [-0.1, -0.05) is 18.2 Å². The fraction of sp³-hybridized carbons (Fsp3) is 0.263. The number of ether oxygens (including phenoxy) is 1. The van der Waals surface area contributed by atoms with Crippen molar-refractivity contribution in [1.29, 1.82) is 0 Å². The van der Waals surface area contributed by atoms with Gasteiger partial charge in [-0.15, -0.1) is 5.10 Å². The van der Waals surface area contributed by atoms with Crippen LogP contribution in [0.3, 0.4) is 0 Å². The van der Waals surface area contributed by atoms with Crippen LogP contribution in [-0.2, 0) is 6.54 Å². The van der Waals surface area contributed by atoms with Gasteiger partial charge in [0.25, 0.3) is 0 Å². The van der Waals surface area contributed by atoms with E-state index < -0.39 is 0 Å². The third-order valence-corrected chi connectivity index (χ3v) is 4.42. The molecule has 0 aliphatic heterocycles. The van der Waals surface area contributed by atoms with E-state index >= 15 is 0 Å². The number of anilines is 1. The predicted octanol–water partition coefficient (Wildman–Crippen LogP) is 3.01. The van der Waals surface area contributed by atoms with Crippen molar-refractivity contribution in [2.75, 3.05) is 12.4 Å². The maximum atomic E-state index is 12.2. The standard InChI is InChI=1S/C19H20N6O2/c1-27-17-5-3-2-4-14(17)12-20-19(26)21-15-8-6-13(7-9-15)18-22-23-24-25(18)16-10-11-16/h2-9,16H,10-12H2,1H3,(H2,20,21,26). The molecule has 0 radical (unpaired) electrons. The number of urea groups is 1. The molecule has 2 aromatic carbocycles. The molecule has 4 rings (SSSR count). The van der Waals surface area contributed by atoms with Crippen molar-refractivity contribution in [2.45, 2.75) is 25.4 Å². The highest BCUT2D eigenvalue weighted by Crippen LogP contribution is 2.36. The number of carbonyl (C=O) groups excluding carboxylic acids is 1. The molecule has 1 heterocycles. The van der Waals surface area contributed by atoms with Gasteiger partial charge in [0.1, 0.15) is 5.75 Å². The van der Waals surface area contributed by atoms with Crippen LogP contribution in [0.25, 0.3) is 11.4 Å². The number of methoxy groups -OCH3 is 1. The fourth-order valence-electron chi connectivity index (χ4n) is 2.85. The van der Waals surface area contributed by atoms with Crippen molar-refractivity contribution < 1.29 is 9.53 Å². The number of tetrazole rings is 1. The van der Waals surface area contributed by atoms with E-state index in [9.17, 15) is 4.79 Å². The van der Waals surface area contributed by atoms with Crippen LogP contribution in [0.5, 0.6) is 5.75 Å². The van der Waals surface area contributed by atoms with Gasteiger partial charge in [0.05, 0.1) is 13.2 Å². The molecule has 8 heteroatoms. The Balaban J connectivity index is 1.36. The molecule has 0 saturated heterocycles. The smallest absolute Gasteiger partial charge is 0.319 e. The number of benzene rings is 2. The monoisotopic (exact) mass is 364 g/mol. The topological polar surface area (TPSA) is 94.0 Å². The summed E-state index contributed by atoms with van der Waals surface area (Å²) in [6.45, 7) is 0.379. The van der Waals surface area contributed by atoms with Gasteiger partial charge in [-0.3, -0.25) is 0 Å². The Morgan fingerprint density at radius 3 is 2.70 bits per heavy atom. The molecule has 1 fully saturated rings. The van der Waals surface area contributed by atoms with Gasteiger partial charge in [0.15, 0.2) is 5.82 Å². The number of carbonyl (C=O) groups is 1. The maximum absolute atomic E-state index is 12.2. The molecule has 1 saturated carbocycles. The Kier molecular flexibility index (Phi) is 4.69. The Morgan fingerprint density at radius 2 is 1.96 bits per heavy atom. The van der Waals surface area contributed by atoms with Crippen LogP contribution in [0.1, 0.15) is 24.4 Å². The van der Waals surface area contributed by atoms with E-state index in [-0.39, 0.29) is 6.03 Å². The molecular weight excluding hydrogens is 344 g/mol. The van der Waals surface area contributed by atoms with Crippen LogP contribution in [0, 0.1) is 0 Å². The Bertz CT molecular complexity index is 933. The van der Waals surface area contributed by atoms with E-state index in [0.29, 0.717) is 18.3 Å². The highest BCUT2D eigenvalue weighted by atomic mass is 16.5. The highest BCUT2D eigenvalue weighted by molar-refractivity contribution is 5.89. The molecule has 3 aromatic rings. The zero-order valence-corrected chi connectivity index (χ0v) is 14.9. The van der Waals surface area contributed by atoms with E-state index in [2.05, 4.69) is 26.2 Å². The van der Waals surface area contributed by atoms with Crippen LogP contribution >= 0.6 is 0 Å². The summed E-state index contributed by atoms with van der Waals surface area (Å²) in [6, 6.07) is 15.2. The molecule has 1 aliphatic carbocycles. The summed E-state index contributed by atoms with van der Waals surface area (Å²) in [5.41, 5.74) is 2.53. The number of rotatable bonds is 6. The number of amides is 2. The molecule has 0 atom stereocenters. The summed E-state index contributed by atoms with van der Waals surface area (Å²) in [4.78, 5) is 12.2. The number of hydrogen-bond acceptors (Lipinski definition) is 5. The number of nitrogens with zero attached hydrogens (tertiary/aromatic N) is 4. The van der Waals surface area contributed by atoms with Crippen LogP contribution in [-0.4, -0.2) is 33.3 Å². The Labute approximate surface area is 156 Å². The van der Waals surface area contributed by atoms with E-state index in [0.717, 1.165) is 35.5 Å². The zero-order chi connectivity index (χ0) is 18.6. The van der Waals surface area contributed by atoms with Crippen molar-refractivity contribution in [3.63, 3.8) is 0 Å². The summed E-state index contributed by atoms with van der Waals surface area (Å²) in [6.07, 6.45) is 2.23. The average Bonchev–Trinajstić information content (AvgIpc) is 3.44. The lowest BCUT2D eigenvalue weighted by molar-refractivity contribution is 0.251. The zero-order valence-electron chi connectivity index (χ0n) is 14.9. The molecule has 0 bridgehead atoms. The van der Waals surface area contributed by atoms with Crippen molar-refractivity contribution >= 4 is 11.7 Å². The summed E-state index contributed by atoms with van der Waals surface area (Å²) in [7, 11) is 1.61. The quantitative estimate of drug-likeness (QED) is 0.701. The van der Waals surface area contributed by atoms with Gasteiger partial charge < -0.3 is 15.4 Å². The maximum Gasteiger partial charge on any atom is 0.319 e. The van der Waals surface area contributed by atoms with Crippen molar-refractivity contribution in [3.05, 3.63) is 54.1 Å². The Hall–Kier alpha value is -3.42. The molecule has 2 amide bonds. The minimum atomic E-state index is -0.281. The van der Waals surface area contributed by atoms with Crippen molar-refractivity contribution in [3.8, 4) is 17.1 Å². The minimum Gasteiger partial charge on any atom is -0.496 e. The lowest BCUT2D eigenvalue weighted by atomic mass is 10.2. The first kappa shape index (κ1) is 17.0. The average molecular weight is 364 g/mol. The van der Waals surface area contributed by atoms with Crippen LogP contribution < -0.4 is 15.4 Å². The number of aromatic nitrogens is 4. The van der Waals surface area contributed by atoms with E-state index in [1.54, 1.807) is 7.11 Å². The first-order valence-electron chi connectivity index (χ1n) is 8.79. The lowest BCUT2D eigenvalue weighted by Crippen LogP contribution is -2.28. The molecule has 2 N–H and O–H groups in total. The molecule has 0 unspecified atom stereocenters. The molecule has 0 spiro atoms. The van der Waals surface area contributed by atoms with Crippen LogP contribution in [0.4, 0.5) is 10.5 Å². The fourth-order valence-corrected chi connectivity index (χ4v) is 2.85. The minimum absolute atomic E-state index is 0.281. The Morgan fingerprint density at radius 1 is 1.19 bits per heavy atom. The van der Waals surface area contributed by atoms with E-state index in [1.165, 1.54) is 0 Å². The highest BCUT2D eigenvalue weighted by Gasteiger charge is 2.28. The van der Waals surface area contributed by atoms with Gasteiger partial charge in [-0.05, 0) is 53.6 Å². The molecular formula is C19H20N6O2. The number of hydrogen-bond donors (Lipinski definition) is 2. The second-order valence-electron chi connectivity index (χ2n) is 6.38. The summed E-state index contributed by atoms with van der Waals surface area (Å²) < 4.78 is 7.15. The van der Waals surface area contributed by atoms with Crippen molar-refractivity contribution in [2.24, 2.45) is 0 Å². The SMILES string of the molecule is COc1ccccc1CNC(=O)Nc1ccc(-c2nnnn2C2CC2)cc1. The van der Waals surface area contributed by atoms with Gasteiger partial charge in [0, 0.05) is 23.4 Å². The van der Waals surface area contributed by atoms with E-state index in [1.807, 2.05) is 53.2 Å². The largest absolute Gasteiger partial charge is 0.496 e. The predicted molar refractivity (Wildman–Crippen MR) is 100 cm³/mol. The van der Waals surface area contributed by atoms with E-state index in [4.69, 9.17) is 4.74 Å². The first-order chi connectivity index (χ1) is 13.2. The molecule has 1 aliphatic rings. The van der Waals surface area contributed by atoms with Crippen LogP contribution in [0.2, 0.25) is 0 Å². The van der Waals surface area contributed by atoms with Crippen LogP contribution in [0.15, 0.2) is 48.5 Å². The van der Waals surface area contributed by atoms with Crippen molar-refractivity contribution in [1.82, 2.24) is 25.5 Å². The molecule has 1 aromatic heterocycles. The number of para-hydroxylation sites is 1. The second-order valence-corrected chi connectivity index (χ2v) is 6.38. The van der Waals surface area contributed by atoms with Gasteiger partial charge in [-0.2, -0.15) is 0 Å². The summed E-state index contributed by atoms with van der Waals surface area (Å²) in [5.74, 6) is 1.50. The third-order valence-electron chi connectivity index (χ3n) is 4.42. The first-order valence-corrected chi connectivity index (χ1v) is 8.79. The second kappa shape index (κ2) is 7.45. The summed E-state index contributed by atoms with van der Waals surface area (Å²) in [5, 5.41) is 17.6. The lowest BCUT2D eigenvalue weighted by Gasteiger charge is -2.11. The third kappa shape index (κ3) is 3.89. The molecule has 8 nitrogen and oxygen atoms in total. The van der Waals surface area contributed by atoms with Gasteiger partial charge >= 0.3 is 6.03 Å². The normalized spacial score (nSPS) is 13.2.